The molecule has 0 bridgehead atoms. The van der Waals surface area contributed by atoms with E-state index in [1.54, 1.807) is 48.5 Å². The predicted octanol–water partition coefficient (Wildman–Crippen LogP) is 5.31. The maximum atomic E-state index is 13.6. The molecule has 1 aliphatic heterocycles. The van der Waals surface area contributed by atoms with Crippen LogP contribution in [-0.2, 0) is 10.0 Å². The molecule has 4 aromatic rings. The van der Waals surface area contributed by atoms with Gasteiger partial charge >= 0.3 is 5.63 Å². The highest BCUT2D eigenvalue weighted by molar-refractivity contribution is 7.92. The van der Waals surface area contributed by atoms with Crippen molar-refractivity contribution in [2.45, 2.75) is 11.8 Å². The van der Waals surface area contributed by atoms with Crippen LogP contribution in [0.5, 0.6) is 5.75 Å². The van der Waals surface area contributed by atoms with Crippen LogP contribution >= 0.6 is 0 Å². The molecular formula is C28H23NO5S. The van der Waals surface area contributed by atoms with E-state index in [9.17, 15) is 13.2 Å². The Morgan fingerprint density at radius 1 is 1.00 bits per heavy atom. The standard InChI is InChI=1S/C28H23NO5S/c1-3-18-33-21-8-6-20(7-9-21)23-16-17-29(35(31,32)22-10-4-19(2)5-11-22)25-13-14-26-24(28(23)25)12-15-27(30)34-26/h3-16H,1,17-18H2,2H3. The number of hydrogen-bond acceptors (Lipinski definition) is 5. The van der Waals surface area contributed by atoms with Crippen LogP contribution < -0.4 is 14.7 Å². The van der Waals surface area contributed by atoms with E-state index in [1.165, 1.54) is 10.4 Å². The Kier molecular flexibility index (Phi) is 5.78. The van der Waals surface area contributed by atoms with Gasteiger partial charge in [-0.1, -0.05) is 48.6 Å². The first-order valence-corrected chi connectivity index (χ1v) is 12.5. The molecule has 0 spiro atoms. The topological polar surface area (TPSA) is 76.8 Å². The van der Waals surface area contributed by atoms with Crippen molar-refractivity contribution >= 4 is 32.3 Å². The number of rotatable bonds is 6. The molecule has 0 aliphatic carbocycles. The van der Waals surface area contributed by atoms with Crippen LogP contribution in [0.1, 0.15) is 16.7 Å². The number of nitrogens with zero attached hydrogens (tertiary/aromatic N) is 1. The van der Waals surface area contributed by atoms with Gasteiger partial charge in [-0.15, -0.1) is 0 Å². The van der Waals surface area contributed by atoms with Crippen molar-refractivity contribution in [1.82, 2.24) is 0 Å². The van der Waals surface area contributed by atoms with E-state index in [-0.39, 0.29) is 11.4 Å². The number of sulfonamides is 1. The molecule has 5 rings (SSSR count). The van der Waals surface area contributed by atoms with Crippen molar-refractivity contribution in [2.75, 3.05) is 17.5 Å². The van der Waals surface area contributed by atoms with E-state index in [4.69, 9.17) is 9.15 Å². The van der Waals surface area contributed by atoms with Gasteiger partial charge in [0.05, 0.1) is 17.1 Å². The average Bonchev–Trinajstić information content (AvgIpc) is 2.87. The van der Waals surface area contributed by atoms with Crippen LogP contribution in [0.3, 0.4) is 0 Å². The molecular weight excluding hydrogens is 462 g/mol. The van der Waals surface area contributed by atoms with Crippen molar-refractivity contribution in [3.63, 3.8) is 0 Å². The van der Waals surface area contributed by atoms with E-state index < -0.39 is 15.6 Å². The molecule has 1 aliphatic rings. The third kappa shape index (κ3) is 4.15. The first-order chi connectivity index (χ1) is 16.9. The zero-order valence-electron chi connectivity index (χ0n) is 19.1. The van der Waals surface area contributed by atoms with Crippen molar-refractivity contribution in [2.24, 2.45) is 0 Å². The third-order valence-corrected chi connectivity index (χ3v) is 7.72. The normalized spacial score (nSPS) is 13.3. The summed E-state index contributed by atoms with van der Waals surface area (Å²) in [6.45, 7) is 6.14. The zero-order valence-corrected chi connectivity index (χ0v) is 19.9. The van der Waals surface area contributed by atoms with Gasteiger partial charge in [0.2, 0.25) is 0 Å². The second-order valence-corrected chi connectivity index (χ2v) is 10.1. The Labute approximate surface area is 203 Å². The minimum atomic E-state index is -3.82. The van der Waals surface area contributed by atoms with Crippen LogP contribution in [0.15, 0.2) is 106 Å². The molecule has 176 valence electrons. The highest BCUT2D eigenvalue weighted by Gasteiger charge is 2.31. The number of fused-ring (bicyclic) bond motifs is 3. The lowest BCUT2D eigenvalue weighted by Gasteiger charge is -2.31. The summed E-state index contributed by atoms with van der Waals surface area (Å²) in [6.07, 6.45) is 3.56. The summed E-state index contributed by atoms with van der Waals surface area (Å²) < 4.78 is 39.7. The molecule has 0 N–H and O–H groups in total. The van der Waals surface area contributed by atoms with Gasteiger partial charge in [0.1, 0.15) is 17.9 Å². The summed E-state index contributed by atoms with van der Waals surface area (Å²) in [5, 5.41) is 0.657. The van der Waals surface area contributed by atoms with E-state index >= 15 is 0 Å². The zero-order chi connectivity index (χ0) is 24.6. The molecule has 35 heavy (non-hydrogen) atoms. The minimum Gasteiger partial charge on any atom is -0.490 e. The molecule has 0 unspecified atom stereocenters. The summed E-state index contributed by atoms with van der Waals surface area (Å²) in [6, 6.07) is 20.7. The number of hydrogen-bond donors (Lipinski definition) is 0. The second-order valence-electron chi connectivity index (χ2n) is 8.22. The molecule has 0 atom stereocenters. The smallest absolute Gasteiger partial charge is 0.336 e. The first-order valence-electron chi connectivity index (χ1n) is 11.1. The van der Waals surface area contributed by atoms with Crippen LogP contribution in [0, 0.1) is 6.92 Å². The molecule has 0 fully saturated rings. The van der Waals surface area contributed by atoms with Gasteiger partial charge in [-0.25, -0.2) is 13.2 Å². The fourth-order valence-corrected chi connectivity index (χ4v) is 5.63. The summed E-state index contributed by atoms with van der Waals surface area (Å²) in [7, 11) is -3.82. The highest BCUT2D eigenvalue weighted by atomic mass is 32.2. The predicted molar refractivity (Wildman–Crippen MR) is 137 cm³/mol. The molecule has 0 amide bonds. The van der Waals surface area contributed by atoms with Gasteiger partial charge < -0.3 is 9.15 Å². The summed E-state index contributed by atoms with van der Waals surface area (Å²) in [4.78, 5) is 12.1. The highest BCUT2D eigenvalue weighted by Crippen LogP contribution is 2.42. The maximum absolute atomic E-state index is 13.6. The Hall–Kier alpha value is -4.10. The SMILES string of the molecule is C=CCOc1ccc(C2=CCN(S(=O)(=O)c3ccc(C)cc3)c3ccc4oc(=O)ccc4c32)cc1. The minimum absolute atomic E-state index is 0.162. The third-order valence-electron chi connectivity index (χ3n) is 5.92. The van der Waals surface area contributed by atoms with E-state index in [0.717, 1.165) is 16.7 Å². The number of aryl methyl sites for hydroxylation is 1. The Morgan fingerprint density at radius 3 is 2.46 bits per heavy atom. The van der Waals surface area contributed by atoms with Crippen molar-refractivity contribution < 1.29 is 17.6 Å². The van der Waals surface area contributed by atoms with Crippen LogP contribution in [-0.4, -0.2) is 21.6 Å². The van der Waals surface area contributed by atoms with Crippen molar-refractivity contribution in [3.05, 3.63) is 119 Å². The van der Waals surface area contributed by atoms with E-state index in [0.29, 0.717) is 34.6 Å². The van der Waals surface area contributed by atoms with Gasteiger partial charge in [-0.3, -0.25) is 4.31 Å². The Bertz CT molecular complexity index is 1620. The fraction of sp³-hybridized carbons (Fsp3) is 0.107. The lowest BCUT2D eigenvalue weighted by molar-refractivity contribution is 0.363. The van der Waals surface area contributed by atoms with Gasteiger partial charge in [0.15, 0.2) is 0 Å². The quantitative estimate of drug-likeness (QED) is 0.273. The van der Waals surface area contributed by atoms with Crippen LogP contribution in [0.2, 0.25) is 0 Å². The second kappa shape index (κ2) is 8.92. The Balaban J connectivity index is 1.67. The molecule has 7 heteroatoms. The van der Waals surface area contributed by atoms with E-state index in [2.05, 4.69) is 6.58 Å². The van der Waals surface area contributed by atoms with Gasteiger partial charge in [-0.05, 0) is 60.5 Å². The first kappa shape index (κ1) is 22.7. The monoisotopic (exact) mass is 485 g/mol. The van der Waals surface area contributed by atoms with Gasteiger partial charge in [-0.2, -0.15) is 0 Å². The number of ether oxygens (including phenoxy) is 1. The Morgan fingerprint density at radius 2 is 1.74 bits per heavy atom. The number of anilines is 1. The summed E-state index contributed by atoms with van der Waals surface area (Å²) in [5.41, 5.74) is 3.86. The van der Waals surface area contributed by atoms with Gasteiger partial charge in [0.25, 0.3) is 10.0 Å². The van der Waals surface area contributed by atoms with Gasteiger partial charge in [0, 0.05) is 17.0 Å². The molecule has 1 aromatic heterocycles. The number of benzene rings is 3. The molecule has 0 saturated carbocycles. The largest absolute Gasteiger partial charge is 0.490 e. The lowest BCUT2D eigenvalue weighted by Crippen LogP contribution is -2.34. The molecule has 0 saturated heterocycles. The lowest BCUT2D eigenvalue weighted by atomic mass is 9.91. The van der Waals surface area contributed by atoms with E-state index in [1.807, 2.05) is 37.3 Å². The van der Waals surface area contributed by atoms with Crippen LogP contribution in [0.25, 0.3) is 16.5 Å². The molecule has 2 heterocycles. The van der Waals surface area contributed by atoms with Crippen molar-refractivity contribution in [1.29, 1.82) is 0 Å². The molecule has 3 aromatic carbocycles. The summed E-state index contributed by atoms with van der Waals surface area (Å²) >= 11 is 0. The average molecular weight is 486 g/mol. The molecule has 0 radical (unpaired) electrons. The van der Waals surface area contributed by atoms with Crippen molar-refractivity contribution in [3.8, 4) is 5.75 Å². The molecule has 6 nitrogen and oxygen atoms in total. The summed E-state index contributed by atoms with van der Waals surface area (Å²) in [5.74, 6) is 0.706. The van der Waals surface area contributed by atoms with Crippen LogP contribution in [0.4, 0.5) is 5.69 Å². The fourth-order valence-electron chi connectivity index (χ4n) is 4.22. The maximum Gasteiger partial charge on any atom is 0.336 e.